The van der Waals surface area contributed by atoms with Crippen LogP contribution in [0.4, 0.5) is 5.69 Å². The number of aromatic hydroxyl groups is 1. The van der Waals surface area contributed by atoms with Gasteiger partial charge in [0.2, 0.25) is 5.69 Å². The second kappa shape index (κ2) is 6.26. The summed E-state index contributed by atoms with van der Waals surface area (Å²) in [6.07, 6.45) is 5.33. The number of phenolic OH excluding ortho intramolecular Hbond substituents is 1. The lowest BCUT2D eigenvalue weighted by atomic mass is 10.1. The predicted molar refractivity (Wildman–Crippen MR) is 82.6 cm³/mol. The molecule has 6 nitrogen and oxygen atoms in total. The van der Waals surface area contributed by atoms with Crippen LogP contribution in [0.15, 0.2) is 30.5 Å². The summed E-state index contributed by atoms with van der Waals surface area (Å²) in [7, 11) is 3.25. The Balaban J connectivity index is 2.48. The number of nitrogens with zero attached hydrogens (tertiary/aromatic N) is 2. The highest BCUT2D eigenvalue weighted by Crippen LogP contribution is 2.35. The molecule has 0 spiro atoms. The fourth-order valence-electron chi connectivity index (χ4n) is 2.04. The van der Waals surface area contributed by atoms with Crippen LogP contribution in [0.3, 0.4) is 0 Å². The Hall–Kier alpha value is -2.89. The Morgan fingerprint density at radius 2 is 2.05 bits per heavy atom. The maximum Gasteiger partial charge on any atom is 0.274 e. The highest BCUT2D eigenvalue weighted by Gasteiger charge is 2.15. The Bertz CT molecular complexity index is 754. The van der Waals surface area contributed by atoms with E-state index in [1.165, 1.54) is 19.2 Å². The fourth-order valence-corrected chi connectivity index (χ4v) is 2.04. The molecule has 1 heterocycles. The molecule has 6 heteroatoms. The Kier molecular flexibility index (Phi) is 4.41. The van der Waals surface area contributed by atoms with Crippen molar-refractivity contribution < 1.29 is 19.3 Å². The molecule has 0 amide bonds. The summed E-state index contributed by atoms with van der Waals surface area (Å²) in [5.41, 5.74) is 2.19. The molecular weight excluding hydrogens is 284 g/mol. The van der Waals surface area contributed by atoms with E-state index in [2.05, 4.69) is 0 Å². The number of nitro benzene ring substituents is 1. The molecule has 1 aromatic carbocycles. The van der Waals surface area contributed by atoms with Crippen molar-refractivity contribution in [1.82, 2.24) is 0 Å². The minimum atomic E-state index is -0.522. The van der Waals surface area contributed by atoms with Gasteiger partial charge < -0.3 is 9.84 Å². The minimum absolute atomic E-state index is 0.0717. The molecule has 114 valence electrons. The van der Waals surface area contributed by atoms with Crippen LogP contribution in [0, 0.1) is 17.0 Å². The molecule has 0 radical (unpaired) electrons. The summed E-state index contributed by atoms with van der Waals surface area (Å²) < 4.78 is 6.89. The molecule has 0 saturated heterocycles. The third kappa shape index (κ3) is 3.22. The number of aromatic nitrogens is 1. The zero-order valence-corrected chi connectivity index (χ0v) is 12.6. The maximum absolute atomic E-state index is 10.9. The number of aryl methyl sites for hydroxylation is 2. The number of nitro groups is 1. The second-order valence-electron chi connectivity index (χ2n) is 4.92. The summed E-state index contributed by atoms with van der Waals surface area (Å²) in [4.78, 5) is 10.4. The number of hydrogen-bond donors (Lipinski definition) is 1. The van der Waals surface area contributed by atoms with Crippen molar-refractivity contribution in [3.8, 4) is 11.5 Å². The van der Waals surface area contributed by atoms with E-state index in [-0.39, 0.29) is 17.2 Å². The first-order valence-electron chi connectivity index (χ1n) is 6.62. The highest BCUT2D eigenvalue weighted by atomic mass is 16.6. The third-order valence-corrected chi connectivity index (χ3v) is 3.30. The van der Waals surface area contributed by atoms with Crippen molar-refractivity contribution in [3.05, 3.63) is 57.4 Å². The van der Waals surface area contributed by atoms with E-state index in [0.29, 0.717) is 5.56 Å². The van der Waals surface area contributed by atoms with E-state index in [1.54, 1.807) is 12.2 Å². The summed E-state index contributed by atoms with van der Waals surface area (Å²) in [6.45, 7) is 1.98. The van der Waals surface area contributed by atoms with Crippen molar-refractivity contribution >= 4 is 17.8 Å². The molecule has 2 rings (SSSR count). The van der Waals surface area contributed by atoms with Crippen LogP contribution >= 0.6 is 0 Å². The molecule has 1 N–H and O–H groups in total. The molecule has 0 saturated carbocycles. The number of benzene rings is 1. The van der Waals surface area contributed by atoms with E-state index in [4.69, 9.17) is 4.74 Å². The molecule has 0 bridgehead atoms. The number of pyridine rings is 1. The van der Waals surface area contributed by atoms with Crippen LogP contribution < -0.4 is 9.30 Å². The molecule has 0 unspecified atom stereocenters. The van der Waals surface area contributed by atoms with Gasteiger partial charge in [0.05, 0.1) is 18.1 Å². The van der Waals surface area contributed by atoms with Crippen molar-refractivity contribution in [3.63, 3.8) is 0 Å². The molecule has 0 aliphatic rings. The zero-order chi connectivity index (χ0) is 16.3. The second-order valence-corrected chi connectivity index (χ2v) is 4.92. The van der Waals surface area contributed by atoms with E-state index in [0.717, 1.165) is 11.3 Å². The van der Waals surface area contributed by atoms with Gasteiger partial charge >= 0.3 is 0 Å². The lowest BCUT2D eigenvalue weighted by Crippen LogP contribution is -2.30. The molecule has 0 fully saturated rings. The van der Waals surface area contributed by atoms with Crippen LogP contribution in [0.25, 0.3) is 12.2 Å². The van der Waals surface area contributed by atoms with Crippen LogP contribution in [-0.2, 0) is 7.05 Å². The summed E-state index contributed by atoms with van der Waals surface area (Å²) in [5, 5.41) is 21.0. The minimum Gasteiger partial charge on any atom is -0.504 e. The van der Waals surface area contributed by atoms with Gasteiger partial charge in [0, 0.05) is 29.8 Å². The largest absolute Gasteiger partial charge is 0.504 e. The number of phenols is 1. The van der Waals surface area contributed by atoms with Gasteiger partial charge in [-0.2, -0.15) is 0 Å². The summed E-state index contributed by atoms with van der Waals surface area (Å²) in [5.74, 6) is -0.0536. The summed E-state index contributed by atoms with van der Waals surface area (Å²) in [6, 6.07) is 6.46. The normalized spacial score (nSPS) is 10.9. The monoisotopic (exact) mass is 301 g/mol. The number of ether oxygens (including phenoxy) is 1. The Labute approximate surface area is 128 Å². The smallest absolute Gasteiger partial charge is 0.274 e. The van der Waals surface area contributed by atoms with E-state index < -0.39 is 4.92 Å². The van der Waals surface area contributed by atoms with Crippen molar-refractivity contribution in [2.75, 3.05) is 7.11 Å². The van der Waals surface area contributed by atoms with E-state index in [1.807, 2.05) is 36.9 Å². The van der Waals surface area contributed by atoms with Crippen LogP contribution in [0.2, 0.25) is 0 Å². The number of methoxy groups -OCH3 is 1. The average molecular weight is 301 g/mol. The van der Waals surface area contributed by atoms with Gasteiger partial charge in [0.1, 0.15) is 7.05 Å². The van der Waals surface area contributed by atoms with E-state index in [9.17, 15) is 15.2 Å². The number of rotatable bonds is 4. The molecule has 0 atom stereocenters. The van der Waals surface area contributed by atoms with Gasteiger partial charge in [0.15, 0.2) is 17.7 Å². The first kappa shape index (κ1) is 15.5. The van der Waals surface area contributed by atoms with Crippen molar-refractivity contribution in [2.24, 2.45) is 7.05 Å². The maximum atomic E-state index is 10.9. The van der Waals surface area contributed by atoms with Crippen LogP contribution in [-0.4, -0.2) is 17.1 Å². The lowest BCUT2D eigenvalue weighted by Gasteiger charge is -2.06. The average Bonchev–Trinajstić information content (AvgIpc) is 2.49. The zero-order valence-electron chi connectivity index (χ0n) is 12.6. The predicted octanol–water partition coefficient (Wildman–Crippen LogP) is 2.61. The third-order valence-electron chi connectivity index (χ3n) is 3.30. The van der Waals surface area contributed by atoms with Gasteiger partial charge in [-0.05, 0) is 18.6 Å². The Morgan fingerprint density at radius 3 is 2.68 bits per heavy atom. The molecule has 2 aromatic rings. The van der Waals surface area contributed by atoms with Crippen molar-refractivity contribution in [1.29, 1.82) is 0 Å². The van der Waals surface area contributed by atoms with Crippen molar-refractivity contribution in [2.45, 2.75) is 6.92 Å². The van der Waals surface area contributed by atoms with Crippen LogP contribution in [0.5, 0.6) is 11.5 Å². The van der Waals surface area contributed by atoms with Gasteiger partial charge in [-0.15, -0.1) is 0 Å². The standard InChI is InChI=1S/C16H16N2O4/c1-11-6-7-17(2)13(8-11)5-4-12-9-14(18(20)21)10-15(22-3)16(12)19/h4-10H,1-3H3/p+1. The highest BCUT2D eigenvalue weighted by molar-refractivity contribution is 5.74. The Morgan fingerprint density at radius 1 is 1.32 bits per heavy atom. The first-order valence-corrected chi connectivity index (χ1v) is 6.62. The molecule has 1 aromatic heterocycles. The first-order chi connectivity index (χ1) is 10.4. The van der Waals surface area contributed by atoms with E-state index >= 15 is 0 Å². The molecular formula is C16H17N2O4+. The van der Waals surface area contributed by atoms with Crippen LogP contribution in [0.1, 0.15) is 16.8 Å². The number of non-ortho nitro benzene ring substituents is 1. The van der Waals surface area contributed by atoms with Gasteiger partial charge in [-0.25, -0.2) is 4.57 Å². The van der Waals surface area contributed by atoms with Gasteiger partial charge in [-0.3, -0.25) is 10.1 Å². The molecule has 22 heavy (non-hydrogen) atoms. The fraction of sp³-hybridized carbons (Fsp3) is 0.188. The topological polar surface area (TPSA) is 76.5 Å². The molecule has 0 aliphatic carbocycles. The van der Waals surface area contributed by atoms with Gasteiger partial charge in [-0.1, -0.05) is 0 Å². The SMILES string of the molecule is COc1cc([N+](=O)[O-])cc(/C=C/c2cc(C)cc[n+]2C)c1O. The number of hydrogen-bond acceptors (Lipinski definition) is 4. The van der Waals surface area contributed by atoms with Gasteiger partial charge in [0.25, 0.3) is 5.69 Å². The lowest BCUT2D eigenvalue weighted by molar-refractivity contribution is -0.673. The molecule has 0 aliphatic heterocycles. The summed E-state index contributed by atoms with van der Waals surface area (Å²) >= 11 is 0. The quantitative estimate of drug-likeness (QED) is 0.535.